The third kappa shape index (κ3) is 6.76. The van der Waals surface area contributed by atoms with E-state index in [4.69, 9.17) is 14.8 Å². The molecule has 0 aliphatic rings. The van der Waals surface area contributed by atoms with E-state index in [-0.39, 0.29) is 10.8 Å². The standard InChI is InChI=1S/C44H46N4O/c1-29-42(33-13-10-9-11-14-33)30(2)48(46-29)34-15-12-16-35(25-34)49-36-18-19-37-38-23-31(27-43(3,4)5)17-20-39(38)47(40(37)26-36)41-24-32(21-22-45-41)28-44(6,7)8/h9-26H,27-28H2,1-8H3. The van der Waals surface area contributed by atoms with Crippen LogP contribution in [0, 0.1) is 24.7 Å². The molecule has 7 rings (SSSR count). The summed E-state index contributed by atoms with van der Waals surface area (Å²) in [5.41, 5.74) is 10.6. The molecular weight excluding hydrogens is 601 g/mol. The maximum absolute atomic E-state index is 6.60. The van der Waals surface area contributed by atoms with E-state index >= 15 is 0 Å². The lowest BCUT2D eigenvalue weighted by Gasteiger charge is -2.19. The van der Waals surface area contributed by atoms with E-state index in [1.165, 1.54) is 27.5 Å². The number of rotatable bonds is 7. The van der Waals surface area contributed by atoms with Crippen molar-refractivity contribution in [2.24, 2.45) is 10.8 Å². The molecule has 3 heterocycles. The molecule has 0 radical (unpaired) electrons. The van der Waals surface area contributed by atoms with Gasteiger partial charge in [0.05, 0.1) is 22.4 Å². The minimum absolute atomic E-state index is 0.174. The number of benzene rings is 4. The zero-order valence-corrected chi connectivity index (χ0v) is 30.0. The van der Waals surface area contributed by atoms with Gasteiger partial charge in [-0.2, -0.15) is 5.10 Å². The quantitative estimate of drug-likeness (QED) is 0.173. The number of aromatic nitrogens is 4. The van der Waals surface area contributed by atoms with Crippen molar-refractivity contribution in [2.75, 3.05) is 0 Å². The molecule has 0 N–H and O–H groups in total. The average molecular weight is 647 g/mol. The van der Waals surface area contributed by atoms with Gasteiger partial charge >= 0.3 is 0 Å². The van der Waals surface area contributed by atoms with Crippen molar-refractivity contribution in [3.05, 3.63) is 132 Å². The third-order valence-electron chi connectivity index (χ3n) is 8.96. The van der Waals surface area contributed by atoms with Crippen LogP contribution < -0.4 is 4.74 Å². The van der Waals surface area contributed by atoms with Crippen LogP contribution in [-0.4, -0.2) is 19.3 Å². The summed E-state index contributed by atoms with van der Waals surface area (Å²) in [6.45, 7) is 17.9. The third-order valence-corrected chi connectivity index (χ3v) is 8.96. The first-order valence-electron chi connectivity index (χ1n) is 17.3. The first kappa shape index (κ1) is 32.4. The Morgan fingerprint density at radius 3 is 2.08 bits per heavy atom. The molecule has 0 aliphatic heterocycles. The van der Waals surface area contributed by atoms with Gasteiger partial charge in [0.1, 0.15) is 17.3 Å². The largest absolute Gasteiger partial charge is 0.457 e. The number of aryl methyl sites for hydroxylation is 1. The summed E-state index contributed by atoms with van der Waals surface area (Å²) < 4.78 is 10.9. The van der Waals surface area contributed by atoms with Crippen LogP contribution in [0.2, 0.25) is 0 Å². The van der Waals surface area contributed by atoms with E-state index in [0.717, 1.165) is 63.8 Å². The molecule has 49 heavy (non-hydrogen) atoms. The van der Waals surface area contributed by atoms with Crippen molar-refractivity contribution in [2.45, 2.75) is 68.2 Å². The minimum atomic E-state index is 0.174. The van der Waals surface area contributed by atoms with Gasteiger partial charge in [-0.15, -0.1) is 0 Å². The molecule has 0 atom stereocenters. The predicted molar refractivity (Wildman–Crippen MR) is 203 cm³/mol. The topological polar surface area (TPSA) is 44.9 Å². The Kier molecular flexibility index (Phi) is 8.18. The molecule has 7 aromatic rings. The fourth-order valence-corrected chi connectivity index (χ4v) is 7.12. The van der Waals surface area contributed by atoms with Gasteiger partial charge in [0.2, 0.25) is 0 Å². The summed E-state index contributed by atoms with van der Waals surface area (Å²) in [5.74, 6) is 2.45. The maximum Gasteiger partial charge on any atom is 0.137 e. The first-order valence-corrected chi connectivity index (χ1v) is 17.3. The van der Waals surface area contributed by atoms with Gasteiger partial charge in [-0.25, -0.2) is 9.67 Å². The van der Waals surface area contributed by atoms with Crippen molar-refractivity contribution >= 4 is 21.8 Å². The number of hydrogen-bond donors (Lipinski definition) is 0. The molecule has 0 spiro atoms. The van der Waals surface area contributed by atoms with Gasteiger partial charge in [0.15, 0.2) is 0 Å². The zero-order chi connectivity index (χ0) is 34.5. The second kappa shape index (κ2) is 12.4. The SMILES string of the molecule is Cc1nn(-c2cccc(Oc3ccc4c5cc(CC(C)(C)C)ccc5n(-c5cc(CC(C)(C)C)ccn5)c4c3)c2)c(C)c1-c1ccccc1. The molecule has 0 amide bonds. The van der Waals surface area contributed by atoms with Gasteiger partial charge in [-0.3, -0.25) is 4.57 Å². The van der Waals surface area contributed by atoms with Crippen LogP contribution in [0.5, 0.6) is 11.5 Å². The van der Waals surface area contributed by atoms with E-state index in [1.54, 1.807) is 0 Å². The van der Waals surface area contributed by atoms with Crippen LogP contribution >= 0.6 is 0 Å². The average Bonchev–Trinajstić information content (AvgIpc) is 3.52. The fourth-order valence-electron chi connectivity index (χ4n) is 7.12. The molecule has 0 saturated carbocycles. The Morgan fingerprint density at radius 1 is 0.633 bits per heavy atom. The zero-order valence-electron chi connectivity index (χ0n) is 30.0. The Bertz CT molecular complexity index is 2290. The van der Waals surface area contributed by atoms with Crippen LogP contribution in [0.25, 0.3) is 44.4 Å². The summed E-state index contributed by atoms with van der Waals surface area (Å²) in [6.07, 6.45) is 3.92. The van der Waals surface area contributed by atoms with E-state index in [1.807, 2.05) is 29.1 Å². The normalized spacial score (nSPS) is 12.2. The molecule has 3 aromatic heterocycles. The second-order valence-electron chi connectivity index (χ2n) is 15.8. The highest BCUT2D eigenvalue weighted by Gasteiger charge is 2.19. The number of ether oxygens (including phenoxy) is 1. The van der Waals surface area contributed by atoms with Crippen molar-refractivity contribution < 1.29 is 4.74 Å². The number of fused-ring (bicyclic) bond motifs is 3. The number of nitrogens with zero attached hydrogens (tertiary/aromatic N) is 4. The molecule has 0 saturated heterocycles. The van der Waals surface area contributed by atoms with E-state index in [9.17, 15) is 0 Å². The van der Waals surface area contributed by atoms with Crippen molar-refractivity contribution in [3.63, 3.8) is 0 Å². The van der Waals surface area contributed by atoms with Gasteiger partial charge < -0.3 is 4.74 Å². The Labute approximate surface area is 290 Å². The van der Waals surface area contributed by atoms with Gasteiger partial charge in [0.25, 0.3) is 0 Å². The van der Waals surface area contributed by atoms with Crippen LogP contribution in [0.3, 0.4) is 0 Å². The van der Waals surface area contributed by atoms with Crippen molar-refractivity contribution in [1.82, 2.24) is 19.3 Å². The molecule has 5 nitrogen and oxygen atoms in total. The predicted octanol–water partition coefficient (Wildman–Crippen LogP) is 11.6. The lowest BCUT2D eigenvalue weighted by atomic mass is 9.88. The highest BCUT2D eigenvalue weighted by molar-refractivity contribution is 6.09. The summed E-state index contributed by atoms with van der Waals surface area (Å²) >= 11 is 0. The van der Waals surface area contributed by atoms with Crippen LogP contribution in [0.1, 0.15) is 64.1 Å². The van der Waals surface area contributed by atoms with Crippen LogP contribution in [0.15, 0.2) is 109 Å². The Hall–Kier alpha value is -5.16. The highest BCUT2D eigenvalue weighted by Crippen LogP contribution is 2.37. The van der Waals surface area contributed by atoms with E-state index < -0.39 is 0 Å². The van der Waals surface area contributed by atoms with Gasteiger partial charge in [-0.1, -0.05) is 84.0 Å². The van der Waals surface area contributed by atoms with Crippen molar-refractivity contribution in [1.29, 1.82) is 0 Å². The van der Waals surface area contributed by atoms with Gasteiger partial charge in [0, 0.05) is 40.4 Å². The Morgan fingerprint density at radius 2 is 1.35 bits per heavy atom. The lowest BCUT2D eigenvalue weighted by Crippen LogP contribution is -2.10. The molecular formula is C44H46N4O. The lowest BCUT2D eigenvalue weighted by molar-refractivity contribution is 0.411. The summed E-state index contributed by atoms with van der Waals surface area (Å²) in [5, 5.41) is 7.34. The first-order chi connectivity index (χ1) is 23.3. The van der Waals surface area contributed by atoms with E-state index in [0.29, 0.717) is 0 Å². The number of hydrogen-bond acceptors (Lipinski definition) is 3. The monoisotopic (exact) mass is 646 g/mol. The summed E-state index contributed by atoms with van der Waals surface area (Å²) in [7, 11) is 0. The maximum atomic E-state index is 6.60. The molecule has 0 unspecified atom stereocenters. The molecule has 248 valence electrons. The summed E-state index contributed by atoms with van der Waals surface area (Å²) in [6, 6.07) is 36.3. The fraction of sp³-hybridized carbons (Fsp3) is 0.273. The van der Waals surface area contributed by atoms with Crippen LogP contribution in [0.4, 0.5) is 0 Å². The highest BCUT2D eigenvalue weighted by atomic mass is 16.5. The molecule has 0 bridgehead atoms. The second-order valence-corrected chi connectivity index (χ2v) is 15.8. The molecule has 0 aliphatic carbocycles. The van der Waals surface area contributed by atoms with Crippen molar-refractivity contribution in [3.8, 4) is 34.1 Å². The molecule has 5 heteroatoms. The van der Waals surface area contributed by atoms with Crippen LogP contribution in [-0.2, 0) is 12.8 Å². The van der Waals surface area contributed by atoms with Gasteiger partial charge in [-0.05, 0) is 103 Å². The van der Waals surface area contributed by atoms with E-state index in [2.05, 4.69) is 145 Å². The molecule has 0 fully saturated rings. The Balaban J connectivity index is 1.30. The smallest absolute Gasteiger partial charge is 0.137 e. The molecule has 4 aromatic carbocycles. The number of pyridine rings is 1. The minimum Gasteiger partial charge on any atom is -0.457 e. The summed E-state index contributed by atoms with van der Waals surface area (Å²) in [4.78, 5) is 4.90.